The molecule has 41 heavy (non-hydrogen) atoms. The Labute approximate surface area is 238 Å². The molecule has 1 heterocycles. The Morgan fingerprint density at radius 2 is 1.80 bits per heavy atom. The Hall–Kier alpha value is -4.16. The number of hydrogen-bond acceptors (Lipinski definition) is 6. The number of nitrogens with one attached hydrogen (secondary N) is 2. The second-order valence-electron chi connectivity index (χ2n) is 10.1. The third-order valence-electron chi connectivity index (χ3n) is 6.87. The van der Waals surface area contributed by atoms with Crippen LogP contribution in [-0.2, 0) is 10.0 Å². The van der Waals surface area contributed by atoms with E-state index >= 15 is 0 Å². The van der Waals surface area contributed by atoms with Gasteiger partial charge in [-0.1, -0.05) is 25.1 Å². The van der Waals surface area contributed by atoms with Crippen molar-refractivity contribution < 1.29 is 32.2 Å². The Morgan fingerprint density at radius 3 is 2.46 bits per heavy atom. The maximum atomic E-state index is 13.6. The lowest BCUT2D eigenvalue weighted by atomic mass is 9.99. The van der Waals surface area contributed by atoms with Gasteiger partial charge in [-0.05, 0) is 61.5 Å². The normalized spacial score (nSPS) is 17.9. The van der Waals surface area contributed by atoms with E-state index in [0.29, 0.717) is 5.69 Å². The SMILES string of the molecule is C[C@H](CO)N1C[C@H](C)[C@H](CN(C)C(=O)Nc2ccccc2)Oc2ccc(NS(=O)(=O)c3ccc(F)cc3)cc2C1=O. The number of ether oxygens (including phenoxy) is 1. The van der Waals surface area contributed by atoms with Gasteiger partial charge in [0.1, 0.15) is 17.7 Å². The molecule has 3 N–H and O–H groups in total. The van der Waals surface area contributed by atoms with Crippen molar-refractivity contribution in [1.82, 2.24) is 9.80 Å². The summed E-state index contributed by atoms with van der Waals surface area (Å²) < 4.78 is 47.8. The fourth-order valence-corrected chi connectivity index (χ4v) is 5.47. The molecule has 0 bridgehead atoms. The predicted octanol–water partition coefficient (Wildman–Crippen LogP) is 4.01. The topological polar surface area (TPSA) is 128 Å². The summed E-state index contributed by atoms with van der Waals surface area (Å²) in [5, 5.41) is 12.7. The van der Waals surface area contributed by atoms with Crippen molar-refractivity contribution in [2.45, 2.75) is 30.9 Å². The Balaban J connectivity index is 1.62. The number of urea groups is 1. The summed E-state index contributed by atoms with van der Waals surface area (Å²) >= 11 is 0. The van der Waals surface area contributed by atoms with Crippen LogP contribution in [0.15, 0.2) is 77.7 Å². The van der Waals surface area contributed by atoms with Gasteiger partial charge in [0, 0.05) is 30.9 Å². The fraction of sp³-hybridized carbons (Fsp3) is 0.310. The molecule has 3 aromatic carbocycles. The van der Waals surface area contributed by atoms with Crippen LogP contribution in [0, 0.1) is 11.7 Å². The van der Waals surface area contributed by atoms with Gasteiger partial charge >= 0.3 is 6.03 Å². The number of amides is 3. The van der Waals surface area contributed by atoms with E-state index in [2.05, 4.69) is 10.0 Å². The number of likely N-dealkylation sites (N-methyl/N-ethyl adjacent to an activating group) is 1. The van der Waals surface area contributed by atoms with E-state index in [0.717, 1.165) is 24.3 Å². The quantitative estimate of drug-likeness (QED) is 0.367. The first kappa shape index (κ1) is 29.8. The van der Waals surface area contributed by atoms with Crippen LogP contribution in [0.3, 0.4) is 0 Å². The molecule has 1 aliphatic rings. The molecule has 0 fully saturated rings. The number of aliphatic hydroxyl groups is 1. The average Bonchev–Trinajstić information content (AvgIpc) is 2.95. The smallest absolute Gasteiger partial charge is 0.321 e. The minimum Gasteiger partial charge on any atom is -0.487 e. The lowest BCUT2D eigenvalue weighted by Crippen LogP contribution is -2.50. The molecule has 0 radical (unpaired) electrons. The number of para-hydroxylation sites is 1. The lowest BCUT2D eigenvalue weighted by Gasteiger charge is -2.38. The second-order valence-corrected chi connectivity index (χ2v) is 11.8. The van der Waals surface area contributed by atoms with Crippen molar-refractivity contribution in [3.05, 3.63) is 84.2 Å². The molecule has 0 saturated heterocycles. The number of hydrogen-bond donors (Lipinski definition) is 3. The number of benzene rings is 3. The molecule has 0 unspecified atom stereocenters. The van der Waals surface area contributed by atoms with Crippen molar-refractivity contribution in [2.75, 3.05) is 36.8 Å². The predicted molar refractivity (Wildman–Crippen MR) is 153 cm³/mol. The maximum absolute atomic E-state index is 13.6. The number of sulfonamides is 1. The average molecular weight is 585 g/mol. The van der Waals surface area contributed by atoms with E-state index in [-0.39, 0.29) is 53.5 Å². The van der Waals surface area contributed by atoms with Crippen molar-refractivity contribution >= 4 is 33.3 Å². The van der Waals surface area contributed by atoms with Gasteiger partial charge in [-0.3, -0.25) is 9.52 Å². The van der Waals surface area contributed by atoms with Crippen LogP contribution in [0.2, 0.25) is 0 Å². The van der Waals surface area contributed by atoms with E-state index in [1.807, 2.05) is 25.1 Å². The van der Waals surface area contributed by atoms with Gasteiger partial charge in [-0.15, -0.1) is 0 Å². The molecule has 3 aromatic rings. The Morgan fingerprint density at radius 1 is 1.12 bits per heavy atom. The molecule has 3 atom stereocenters. The summed E-state index contributed by atoms with van der Waals surface area (Å²) in [6, 6.07) is 16.8. The second kappa shape index (κ2) is 12.6. The van der Waals surface area contributed by atoms with Crippen LogP contribution in [0.5, 0.6) is 5.75 Å². The van der Waals surface area contributed by atoms with Gasteiger partial charge < -0.3 is 25.0 Å². The zero-order valence-electron chi connectivity index (χ0n) is 23.0. The molecular weight excluding hydrogens is 551 g/mol. The highest BCUT2D eigenvalue weighted by Gasteiger charge is 2.34. The first-order valence-electron chi connectivity index (χ1n) is 13.1. The Bertz CT molecular complexity index is 1490. The van der Waals surface area contributed by atoms with E-state index in [9.17, 15) is 27.5 Å². The molecule has 0 spiro atoms. The summed E-state index contributed by atoms with van der Waals surface area (Å²) in [6.07, 6.45) is -0.538. The van der Waals surface area contributed by atoms with Gasteiger partial charge in [0.15, 0.2) is 0 Å². The molecule has 0 aromatic heterocycles. The number of rotatable bonds is 8. The molecule has 4 rings (SSSR count). The van der Waals surface area contributed by atoms with Crippen molar-refractivity contribution in [2.24, 2.45) is 5.92 Å². The highest BCUT2D eigenvalue weighted by molar-refractivity contribution is 7.92. The fourth-order valence-electron chi connectivity index (χ4n) is 4.42. The van der Waals surface area contributed by atoms with Gasteiger partial charge in [-0.2, -0.15) is 0 Å². The van der Waals surface area contributed by atoms with Crippen molar-refractivity contribution in [3.8, 4) is 5.75 Å². The number of anilines is 2. The third kappa shape index (κ3) is 7.14. The van der Waals surface area contributed by atoms with E-state index < -0.39 is 33.9 Å². The number of nitrogens with zero attached hydrogens (tertiary/aromatic N) is 2. The monoisotopic (exact) mass is 584 g/mol. The number of fused-ring (bicyclic) bond motifs is 1. The molecule has 12 heteroatoms. The van der Waals surface area contributed by atoms with Crippen molar-refractivity contribution in [3.63, 3.8) is 0 Å². The van der Waals surface area contributed by atoms with Gasteiger partial charge in [-0.25, -0.2) is 17.6 Å². The summed E-state index contributed by atoms with van der Waals surface area (Å²) in [6.45, 7) is 3.74. The molecular formula is C29H33FN4O6S. The summed E-state index contributed by atoms with van der Waals surface area (Å²) in [7, 11) is -2.43. The van der Waals surface area contributed by atoms with E-state index in [4.69, 9.17) is 4.74 Å². The van der Waals surface area contributed by atoms with Crippen LogP contribution in [0.1, 0.15) is 24.2 Å². The molecule has 0 saturated carbocycles. The van der Waals surface area contributed by atoms with Crippen LogP contribution >= 0.6 is 0 Å². The summed E-state index contributed by atoms with van der Waals surface area (Å²) in [5.74, 6) is -1.03. The molecule has 0 aliphatic carbocycles. The highest BCUT2D eigenvalue weighted by Crippen LogP contribution is 2.31. The first-order valence-corrected chi connectivity index (χ1v) is 14.5. The van der Waals surface area contributed by atoms with Crippen LogP contribution in [0.25, 0.3) is 0 Å². The number of aliphatic hydroxyl groups excluding tert-OH is 1. The zero-order chi connectivity index (χ0) is 29.7. The number of carbonyl (C=O) groups is 2. The highest BCUT2D eigenvalue weighted by atomic mass is 32.2. The third-order valence-corrected chi connectivity index (χ3v) is 8.26. The zero-order valence-corrected chi connectivity index (χ0v) is 23.8. The van der Waals surface area contributed by atoms with Crippen molar-refractivity contribution in [1.29, 1.82) is 0 Å². The van der Waals surface area contributed by atoms with E-state index in [1.54, 1.807) is 26.1 Å². The lowest BCUT2D eigenvalue weighted by molar-refractivity contribution is 0.0371. The van der Waals surface area contributed by atoms with Crippen LogP contribution in [0.4, 0.5) is 20.6 Å². The van der Waals surface area contributed by atoms with Crippen LogP contribution in [-0.4, -0.2) is 74.2 Å². The maximum Gasteiger partial charge on any atom is 0.321 e. The molecule has 3 amide bonds. The minimum atomic E-state index is -4.07. The summed E-state index contributed by atoms with van der Waals surface area (Å²) in [5.41, 5.74) is 0.842. The summed E-state index contributed by atoms with van der Waals surface area (Å²) in [4.78, 5) is 29.4. The van der Waals surface area contributed by atoms with Gasteiger partial charge in [0.2, 0.25) is 0 Å². The largest absolute Gasteiger partial charge is 0.487 e. The Kier molecular flexibility index (Phi) is 9.14. The molecule has 218 valence electrons. The number of halogens is 1. The van der Waals surface area contributed by atoms with Gasteiger partial charge in [0.05, 0.1) is 29.7 Å². The molecule has 10 nitrogen and oxygen atoms in total. The standard InChI is InChI=1S/C29H33FN4O6S/c1-19-16-34(20(2)18-35)28(36)25-15-23(32-41(38,39)24-12-9-21(30)10-13-24)11-14-26(25)40-27(19)17-33(3)29(37)31-22-7-5-4-6-8-22/h4-15,19-20,27,32,35H,16-18H2,1-3H3,(H,31,37)/t19-,20+,27-/m0/s1. The number of carbonyl (C=O) groups excluding carboxylic acids is 2. The van der Waals surface area contributed by atoms with Crippen LogP contribution < -0.4 is 14.8 Å². The molecule has 1 aliphatic heterocycles. The van der Waals surface area contributed by atoms with Gasteiger partial charge in [0.25, 0.3) is 15.9 Å². The minimum absolute atomic E-state index is 0.0953. The van der Waals surface area contributed by atoms with E-state index in [1.165, 1.54) is 28.0 Å². The first-order chi connectivity index (χ1) is 19.5.